The van der Waals surface area contributed by atoms with Crippen molar-refractivity contribution < 1.29 is 4.79 Å². The van der Waals surface area contributed by atoms with Crippen LogP contribution >= 0.6 is 0 Å². The summed E-state index contributed by atoms with van der Waals surface area (Å²) < 4.78 is 0. The number of para-hydroxylation sites is 2. The molecule has 0 saturated carbocycles. The largest absolute Gasteiger partial charge is 0.398 e. The van der Waals surface area contributed by atoms with Crippen LogP contribution in [0.5, 0.6) is 0 Å². The van der Waals surface area contributed by atoms with Crippen molar-refractivity contribution in [1.29, 1.82) is 0 Å². The molecular formula is C25H33N3O. The van der Waals surface area contributed by atoms with Gasteiger partial charge in [0.15, 0.2) is 5.78 Å². The summed E-state index contributed by atoms with van der Waals surface area (Å²) in [6.07, 6.45) is 10.4. The molecule has 3 aromatic rings. The maximum atomic E-state index is 11.7. The number of unbranched alkanes of at least 4 members (excludes halogenated alkanes) is 4. The highest BCUT2D eigenvalue weighted by Gasteiger charge is 2.07. The van der Waals surface area contributed by atoms with Crippen LogP contribution in [0.2, 0.25) is 0 Å². The zero-order chi connectivity index (χ0) is 20.9. The van der Waals surface area contributed by atoms with Gasteiger partial charge in [0.25, 0.3) is 0 Å². The van der Waals surface area contributed by atoms with Gasteiger partial charge in [-0.2, -0.15) is 0 Å². The van der Waals surface area contributed by atoms with Gasteiger partial charge in [0.05, 0.1) is 5.52 Å². The minimum atomic E-state index is 0.163. The fraction of sp³-hybridized carbons (Fsp3) is 0.400. The third-order valence-electron chi connectivity index (χ3n) is 4.81. The van der Waals surface area contributed by atoms with Gasteiger partial charge in [-0.3, -0.25) is 4.79 Å². The molecule has 0 atom stereocenters. The van der Waals surface area contributed by atoms with E-state index in [2.05, 4.69) is 23.8 Å². The van der Waals surface area contributed by atoms with Gasteiger partial charge in [0.1, 0.15) is 5.82 Å². The summed E-state index contributed by atoms with van der Waals surface area (Å²) in [7, 11) is 0. The molecule has 0 radical (unpaired) electrons. The number of rotatable bonds is 9. The summed E-state index contributed by atoms with van der Waals surface area (Å²) in [6, 6.07) is 15.4. The molecule has 0 amide bonds. The molecule has 1 aromatic heterocycles. The van der Waals surface area contributed by atoms with Gasteiger partial charge in [0.2, 0.25) is 0 Å². The second-order valence-electron chi connectivity index (χ2n) is 7.27. The lowest BCUT2D eigenvalue weighted by Gasteiger charge is -2.03. The number of aromatic nitrogens is 2. The summed E-state index contributed by atoms with van der Waals surface area (Å²) in [6.45, 7) is 4.34. The van der Waals surface area contributed by atoms with Gasteiger partial charge in [-0.05, 0) is 31.0 Å². The minimum absolute atomic E-state index is 0.163. The molecule has 154 valence electrons. The van der Waals surface area contributed by atoms with Crippen molar-refractivity contribution >= 4 is 22.4 Å². The van der Waals surface area contributed by atoms with Gasteiger partial charge in [-0.15, -0.1) is 0 Å². The predicted molar refractivity (Wildman–Crippen MR) is 122 cm³/mol. The number of hydrogen-bond acceptors (Lipinski definition) is 4. The average molecular weight is 392 g/mol. The Kier molecular flexibility index (Phi) is 9.84. The Balaban J connectivity index is 0.000000208. The molecular weight excluding hydrogens is 358 g/mol. The highest BCUT2D eigenvalue weighted by atomic mass is 16.1. The van der Waals surface area contributed by atoms with Gasteiger partial charge in [-0.25, -0.2) is 9.97 Å². The van der Waals surface area contributed by atoms with Gasteiger partial charge in [-0.1, -0.05) is 69.9 Å². The van der Waals surface area contributed by atoms with Gasteiger partial charge < -0.3 is 5.73 Å². The van der Waals surface area contributed by atoms with E-state index >= 15 is 0 Å². The maximum absolute atomic E-state index is 11.7. The first-order chi connectivity index (χ1) is 14.2. The first-order valence-electron chi connectivity index (χ1n) is 10.7. The molecule has 4 heteroatoms. The number of hydrogen-bond donors (Lipinski definition) is 1. The van der Waals surface area contributed by atoms with Crippen LogP contribution in [0.4, 0.5) is 5.69 Å². The predicted octanol–water partition coefficient (Wildman–Crippen LogP) is 6.39. The van der Waals surface area contributed by atoms with Crippen molar-refractivity contribution in [3.8, 4) is 0 Å². The lowest BCUT2D eigenvalue weighted by molar-refractivity contribution is 0.0980. The molecule has 29 heavy (non-hydrogen) atoms. The first-order valence-corrected chi connectivity index (χ1v) is 10.7. The topological polar surface area (TPSA) is 68.9 Å². The monoisotopic (exact) mass is 391 g/mol. The molecule has 0 saturated heterocycles. The SMILES string of the molecule is CCCCCC(=O)c1ccccc1N.CCCCCc1ncc2ccccc2n1. The van der Waals surface area contributed by atoms with Crippen LogP contribution in [0.15, 0.2) is 54.7 Å². The average Bonchev–Trinajstić information content (AvgIpc) is 2.75. The molecule has 0 spiro atoms. The van der Waals surface area contributed by atoms with E-state index in [-0.39, 0.29) is 5.78 Å². The number of nitrogens with two attached hydrogens (primary N) is 1. The van der Waals surface area contributed by atoms with Crippen LogP contribution in [-0.2, 0) is 6.42 Å². The van der Waals surface area contributed by atoms with Crippen molar-refractivity contribution in [3.63, 3.8) is 0 Å². The molecule has 0 unspecified atom stereocenters. The summed E-state index contributed by atoms with van der Waals surface area (Å²) in [5.74, 6) is 1.14. The number of carbonyl (C=O) groups excluding carboxylic acids is 1. The lowest BCUT2D eigenvalue weighted by Crippen LogP contribution is -2.03. The van der Waals surface area contributed by atoms with E-state index in [1.165, 1.54) is 19.3 Å². The van der Waals surface area contributed by atoms with Crippen LogP contribution in [0.1, 0.15) is 75.0 Å². The van der Waals surface area contributed by atoms with E-state index in [0.717, 1.165) is 42.4 Å². The van der Waals surface area contributed by atoms with Crippen LogP contribution in [0, 0.1) is 0 Å². The van der Waals surface area contributed by atoms with Gasteiger partial charge in [0, 0.05) is 35.7 Å². The smallest absolute Gasteiger partial charge is 0.164 e. The summed E-state index contributed by atoms with van der Waals surface area (Å²) in [5.41, 5.74) is 8.02. The molecule has 2 N–H and O–H groups in total. The minimum Gasteiger partial charge on any atom is -0.398 e. The Morgan fingerprint density at radius 2 is 1.59 bits per heavy atom. The third kappa shape index (κ3) is 7.65. The molecule has 2 aromatic carbocycles. The van der Waals surface area contributed by atoms with Crippen LogP contribution in [-0.4, -0.2) is 15.8 Å². The molecule has 0 aliphatic heterocycles. The Morgan fingerprint density at radius 3 is 2.34 bits per heavy atom. The van der Waals surface area contributed by atoms with Crippen molar-refractivity contribution in [1.82, 2.24) is 9.97 Å². The van der Waals surface area contributed by atoms with E-state index in [0.29, 0.717) is 17.7 Å². The van der Waals surface area contributed by atoms with Crippen molar-refractivity contribution in [2.24, 2.45) is 0 Å². The Labute approximate surface area is 174 Å². The standard InChI is InChI=1S/C13H16N2.C12H17NO/c1-2-3-4-9-13-14-10-11-7-5-6-8-12(11)15-13;1-2-3-4-9-12(14)10-7-5-6-8-11(10)13/h5-8,10H,2-4,9H2,1H3;5-8H,2-4,9,13H2,1H3. The third-order valence-corrected chi connectivity index (χ3v) is 4.81. The Hall–Kier alpha value is -2.75. The van der Waals surface area contributed by atoms with E-state index in [4.69, 9.17) is 5.73 Å². The Morgan fingerprint density at radius 1 is 0.897 bits per heavy atom. The van der Waals surface area contributed by atoms with E-state index in [9.17, 15) is 4.79 Å². The lowest BCUT2D eigenvalue weighted by atomic mass is 10.0. The molecule has 0 fully saturated rings. The number of nitrogens with zero attached hydrogens (tertiary/aromatic N) is 2. The summed E-state index contributed by atoms with van der Waals surface area (Å²) in [5, 5.41) is 1.12. The summed E-state index contributed by atoms with van der Waals surface area (Å²) in [4.78, 5) is 20.6. The van der Waals surface area contributed by atoms with Crippen molar-refractivity contribution in [2.75, 3.05) is 5.73 Å². The van der Waals surface area contributed by atoms with Crippen molar-refractivity contribution in [2.45, 2.75) is 65.2 Å². The van der Waals surface area contributed by atoms with Crippen LogP contribution in [0.25, 0.3) is 10.9 Å². The Bertz CT molecular complexity index is 892. The molecule has 0 aliphatic rings. The zero-order valence-electron chi connectivity index (χ0n) is 17.7. The highest BCUT2D eigenvalue weighted by molar-refractivity contribution is 6.00. The van der Waals surface area contributed by atoms with Crippen molar-refractivity contribution in [3.05, 3.63) is 66.1 Å². The van der Waals surface area contributed by atoms with E-state index in [1.807, 2.05) is 42.6 Å². The first kappa shape index (κ1) is 22.5. The number of carbonyl (C=O) groups is 1. The zero-order valence-corrected chi connectivity index (χ0v) is 17.7. The number of Topliss-reactive ketones (excluding diaryl/α,β-unsaturated/α-hetero) is 1. The van der Waals surface area contributed by atoms with E-state index < -0.39 is 0 Å². The number of anilines is 1. The summed E-state index contributed by atoms with van der Waals surface area (Å²) >= 11 is 0. The van der Waals surface area contributed by atoms with E-state index in [1.54, 1.807) is 12.1 Å². The molecule has 4 nitrogen and oxygen atoms in total. The molecule has 0 aliphatic carbocycles. The number of benzene rings is 2. The number of nitrogen functional groups attached to an aromatic ring is 1. The molecule has 0 bridgehead atoms. The molecule has 1 heterocycles. The normalized spacial score (nSPS) is 10.4. The van der Waals surface area contributed by atoms with Crippen LogP contribution in [0.3, 0.4) is 0 Å². The number of ketones is 1. The highest BCUT2D eigenvalue weighted by Crippen LogP contribution is 2.14. The second kappa shape index (κ2) is 12.7. The fourth-order valence-corrected chi connectivity index (χ4v) is 3.09. The quantitative estimate of drug-likeness (QED) is 0.260. The molecule has 3 rings (SSSR count). The fourth-order valence-electron chi connectivity index (χ4n) is 3.09. The number of aryl methyl sites for hydroxylation is 1. The maximum Gasteiger partial charge on any atom is 0.164 e. The van der Waals surface area contributed by atoms with Crippen LogP contribution < -0.4 is 5.73 Å². The van der Waals surface area contributed by atoms with Gasteiger partial charge >= 0.3 is 0 Å². The number of fused-ring (bicyclic) bond motifs is 1. The second-order valence-corrected chi connectivity index (χ2v) is 7.27.